The molecule has 0 N–H and O–H groups in total. The molecule has 0 aliphatic heterocycles. The Morgan fingerprint density at radius 3 is 2.59 bits per heavy atom. The number of nitriles is 1. The summed E-state index contributed by atoms with van der Waals surface area (Å²) in [5.41, 5.74) is 1.77. The van der Waals surface area contributed by atoms with Crippen molar-refractivity contribution in [2.45, 2.75) is 0 Å². The van der Waals surface area contributed by atoms with Gasteiger partial charge in [-0.3, -0.25) is 0 Å². The summed E-state index contributed by atoms with van der Waals surface area (Å²) in [7, 11) is 3.81. The van der Waals surface area contributed by atoms with Gasteiger partial charge in [-0.25, -0.2) is 0 Å². The maximum absolute atomic E-state index is 9.05. The molecule has 0 aliphatic rings. The quantitative estimate of drug-likeness (QED) is 0.617. The van der Waals surface area contributed by atoms with Gasteiger partial charge in [-0.2, -0.15) is 5.26 Å². The van der Waals surface area contributed by atoms with E-state index in [-0.39, 0.29) is 0 Å². The van der Waals surface area contributed by atoms with Crippen LogP contribution in [0.1, 0.15) is 5.56 Å². The van der Waals surface area contributed by atoms with Crippen LogP contribution in [-0.4, -0.2) is 29.1 Å². The Bertz CT molecular complexity index is 444. The molecule has 17 heavy (non-hydrogen) atoms. The third-order valence-corrected chi connectivity index (χ3v) is 3.79. The second-order valence-corrected chi connectivity index (χ2v) is 5.25. The Labute approximate surface area is 112 Å². The molecule has 1 rings (SSSR count). The van der Waals surface area contributed by atoms with Crippen LogP contribution < -0.4 is 0 Å². The van der Waals surface area contributed by atoms with Crippen LogP contribution in [0.15, 0.2) is 35.9 Å². The largest absolute Gasteiger partial charge is 0.364 e. The van der Waals surface area contributed by atoms with E-state index in [9.17, 15) is 0 Å². The van der Waals surface area contributed by atoms with Gasteiger partial charge in [-0.15, -0.1) is 0 Å². The molecule has 0 bridgehead atoms. The van der Waals surface area contributed by atoms with Crippen LogP contribution in [0.5, 0.6) is 0 Å². The molecule has 0 fully saturated rings. The van der Waals surface area contributed by atoms with Crippen molar-refractivity contribution in [1.29, 1.82) is 5.26 Å². The van der Waals surface area contributed by atoms with Crippen LogP contribution in [0.3, 0.4) is 0 Å². The first-order valence-electron chi connectivity index (χ1n) is 5.13. The van der Waals surface area contributed by atoms with E-state index in [2.05, 4.69) is 6.07 Å². The molecular weight excluding hydrogens is 248 g/mol. The standard InChI is InChI=1S/C13H14N2S2/c1-15(2)13(16)17-10-12(9-14)8-11-6-4-3-5-7-11/h3-8H,10H2,1-2H3/b12-8+. The Morgan fingerprint density at radius 1 is 1.41 bits per heavy atom. The first kappa shape index (κ1) is 13.8. The van der Waals surface area contributed by atoms with E-state index in [1.54, 1.807) is 0 Å². The van der Waals surface area contributed by atoms with Gasteiger partial charge in [0.25, 0.3) is 0 Å². The molecule has 0 amide bonds. The highest BCUT2D eigenvalue weighted by molar-refractivity contribution is 8.23. The number of benzene rings is 1. The molecule has 0 heterocycles. The zero-order valence-electron chi connectivity index (χ0n) is 9.88. The summed E-state index contributed by atoms with van der Waals surface area (Å²) in [6.45, 7) is 0. The number of thiocarbonyl (C=S) groups is 1. The number of nitrogens with zero attached hydrogens (tertiary/aromatic N) is 2. The van der Waals surface area contributed by atoms with E-state index in [0.29, 0.717) is 5.75 Å². The highest BCUT2D eigenvalue weighted by Gasteiger charge is 2.02. The first-order valence-corrected chi connectivity index (χ1v) is 6.52. The predicted molar refractivity (Wildman–Crippen MR) is 78.8 cm³/mol. The van der Waals surface area contributed by atoms with Crippen molar-refractivity contribution in [2.24, 2.45) is 0 Å². The van der Waals surface area contributed by atoms with Gasteiger partial charge in [0.1, 0.15) is 4.32 Å². The Balaban J connectivity index is 2.65. The van der Waals surface area contributed by atoms with E-state index >= 15 is 0 Å². The smallest absolute Gasteiger partial charge is 0.136 e. The fourth-order valence-electron chi connectivity index (χ4n) is 1.13. The molecule has 2 nitrogen and oxygen atoms in total. The topological polar surface area (TPSA) is 27.0 Å². The van der Waals surface area contributed by atoms with E-state index < -0.39 is 0 Å². The highest BCUT2D eigenvalue weighted by atomic mass is 32.2. The van der Waals surface area contributed by atoms with Gasteiger partial charge in [-0.1, -0.05) is 54.3 Å². The molecule has 0 saturated carbocycles. The summed E-state index contributed by atoms with van der Waals surface area (Å²) in [5.74, 6) is 0.613. The number of rotatable bonds is 3. The summed E-state index contributed by atoms with van der Waals surface area (Å²) in [6.07, 6.45) is 1.89. The lowest BCUT2D eigenvalue weighted by atomic mass is 10.1. The molecule has 1 aromatic rings. The fourth-order valence-corrected chi connectivity index (χ4v) is 1.99. The molecular formula is C13H14N2S2. The molecule has 0 spiro atoms. The second kappa shape index (κ2) is 7.10. The first-order chi connectivity index (χ1) is 8.13. The summed E-state index contributed by atoms with van der Waals surface area (Å²) >= 11 is 6.66. The van der Waals surface area contributed by atoms with E-state index in [1.807, 2.05) is 55.4 Å². The minimum Gasteiger partial charge on any atom is -0.364 e. The molecule has 4 heteroatoms. The Hall–Kier alpha value is -1.31. The zero-order chi connectivity index (χ0) is 12.7. The SMILES string of the molecule is CN(C)C(=S)SC/C(C#N)=C/c1ccccc1. The average Bonchev–Trinajstić information content (AvgIpc) is 2.35. The van der Waals surface area contributed by atoms with E-state index in [4.69, 9.17) is 17.5 Å². The van der Waals surface area contributed by atoms with Gasteiger partial charge in [0.2, 0.25) is 0 Å². The van der Waals surface area contributed by atoms with Gasteiger partial charge in [-0.05, 0) is 11.6 Å². The number of hydrogen-bond acceptors (Lipinski definition) is 3. The van der Waals surface area contributed by atoms with Crippen molar-refractivity contribution in [3.05, 3.63) is 41.5 Å². The van der Waals surface area contributed by atoms with Gasteiger partial charge in [0.05, 0.1) is 6.07 Å². The highest BCUT2D eigenvalue weighted by Crippen LogP contribution is 2.14. The van der Waals surface area contributed by atoms with Crippen LogP contribution in [0, 0.1) is 11.3 Å². The van der Waals surface area contributed by atoms with Gasteiger partial charge in [0.15, 0.2) is 0 Å². The van der Waals surface area contributed by atoms with Crippen LogP contribution >= 0.6 is 24.0 Å². The third-order valence-electron chi connectivity index (χ3n) is 2.00. The van der Waals surface area contributed by atoms with Gasteiger partial charge < -0.3 is 4.90 Å². The molecule has 0 saturated heterocycles. The van der Waals surface area contributed by atoms with Crippen LogP contribution in [0.25, 0.3) is 6.08 Å². The molecule has 88 valence electrons. The normalized spacial score (nSPS) is 10.8. The lowest BCUT2D eigenvalue weighted by Gasteiger charge is -2.11. The maximum atomic E-state index is 9.05. The number of thioether (sulfide) groups is 1. The molecule has 0 aromatic heterocycles. The van der Waals surface area contributed by atoms with Crippen LogP contribution in [0.2, 0.25) is 0 Å². The van der Waals surface area contributed by atoms with Crippen molar-refractivity contribution in [1.82, 2.24) is 4.90 Å². The molecule has 1 aromatic carbocycles. The van der Waals surface area contributed by atoms with Crippen LogP contribution in [-0.2, 0) is 0 Å². The van der Waals surface area contributed by atoms with E-state index in [0.717, 1.165) is 15.5 Å². The van der Waals surface area contributed by atoms with Gasteiger partial charge in [0, 0.05) is 25.4 Å². The summed E-state index contributed by atoms with van der Waals surface area (Å²) in [6, 6.07) is 12.0. The summed E-state index contributed by atoms with van der Waals surface area (Å²) < 4.78 is 0.791. The molecule has 0 atom stereocenters. The average molecular weight is 262 g/mol. The monoisotopic (exact) mass is 262 g/mol. The molecule has 0 unspecified atom stereocenters. The lowest BCUT2D eigenvalue weighted by Crippen LogP contribution is -2.16. The lowest BCUT2D eigenvalue weighted by molar-refractivity contribution is 0.648. The zero-order valence-corrected chi connectivity index (χ0v) is 11.5. The number of hydrogen-bond donors (Lipinski definition) is 0. The minimum absolute atomic E-state index is 0.613. The fraction of sp³-hybridized carbons (Fsp3) is 0.231. The van der Waals surface area contributed by atoms with E-state index in [1.165, 1.54) is 11.8 Å². The second-order valence-electron chi connectivity index (χ2n) is 3.64. The molecule has 0 radical (unpaired) electrons. The Kier molecular flexibility index (Phi) is 5.75. The van der Waals surface area contributed by atoms with Gasteiger partial charge >= 0.3 is 0 Å². The predicted octanol–water partition coefficient (Wildman–Crippen LogP) is 3.17. The van der Waals surface area contributed by atoms with Crippen molar-refractivity contribution in [3.8, 4) is 6.07 Å². The maximum Gasteiger partial charge on any atom is 0.136 e. The van der Waals surface area contributed by atoms with Crippen molar-refractivity contribution >= 4 is 34.4 Å². The summed E-state index contributed by atoms with van der Waals surface area (Å²) in [5, 5.41) is 9.05. The summed E-state index contributed by atoms with van der Waals surface area (Å²) in [4.78, 5) is 1.87. The Morgan fingerprint density at radius 2 is 2.06 bits per heavy atom. The third kappa shape index (κ3) is 5.03. The molecule has 0 aliphatic carbocycles. The van der Waals surface area contributed by atoms with Crippen LogP contribution in [0.4, 0.5) is 0 Å². The van der Waals surface area contributed by atoms with Crippen molar-refractivity contribution < 1.29 is 0 Å². The minimum atomic E-state index is 0.613. The van der Waals surface area contributed by atoms with Crippen molar-refractivity contribution in [3.63, 3.8) is 0 Å². The van der Waals surface area contributed by atoms with Crippen molar-refractivity contribution in [2.75, 3.05) is 19.8 Å².